The Labute approximate surface area is 141 Å². The van der Waals surface area contributed by atoms with Crippen LogP contribution in [0.2, 0.25) is 0 Å². The molecule has 0 aromatic carbocycles. The Bertz CT molecular complexity index is 660. The van der Waals surface area contributed by atoms with Crippen LogP contribution in [0.25, 0.3) is 0 Å². The fraction of sp³-hybridized carbons (Fsp3) is 0.562. The number of aryl methyl sites for hydroxylation is 2. The summed E-state index contributed by atoms with van der Waals surface area (Å²) in [5.74, 6) is 3.27. The molecule has 0 saturated heterocycles. The molecule has 0 amide bonds. The number of rotatable bonds is 4. The van der Waals surface area contributed by atoms with Crippen LogP contribution in [0.15, 0.2) is 21.8 Å². The zero-order valence-corrected chi connectivity index (χ0v) is 14.7. The van der Waals surface area contributed by atoms with Gasteiger partial charge in [-0.15, -0.1) is 0 Å². The summed E-state index contributed by atoms with van der Waals surface area (Å²) in [5.41, 5.74) is 1.37. The monoisotopic (exact) mass is 332 g/mol. The average molecular weight is 332 g/mol. The maximum absolute atomic E-state index is 4.45. The summed E-state index contributed by atoms with van der Waals surface area (Å²) in [6, 6.07) is 2.52. The molecule has 1 aliphatic heterocycles. The number of hydrogen-bond donors (Lipinski definition) is 2. The van der Waals surface area contributed by atoms with Gasteiger partial charge in [0.1, 0.15) is 11.6 Å². The number of fused-ring (bicyclic) bond motifs is 1. The van der Waals surface area contributed by atoms with Gasteiger partial charge in [-0.05, 0) is 41.7 Å². The fourth-order valence-corrected chi connectivity index (χ4v) is 3.64. The van der Waals surface area contributed by atoms with Gasteiger partial charge in [0.25, 0.3) is 0 Å². The largest absolute Gasteiger partial charge is 0.356 e. The van der Waals surface area contributed by atoms with Crippen LogP contribution in [-0.2, 0) is 13.0 Å². The van der Waals surface area contributed by atoms with Crippen LogP contribution in [0.1, 0.15) is 36.5 Å². The minimum Gasteiger partial charge on any atom is -0.356 e. The second-order valence-electron chi connectivity index (χ2n) is 6.05. The highest BCUT2D eigenvalue weighted by atomic mass is 32.1. The van der Waals surface area contributed by atoms with Gasteiger partial charge in [0.15, 0.2) is 5.96 Å². The van der Waals surface area contributed by atoms with Gasteiger partial charge < -0.3 is 10.6 Å². The molecular weight excluding hydrogens is 308 g/mol. The fourth-order valence-electron chi connectivity index (χ4n) is 2.86. The molecular formula is C16H24N6S. The van der Waals surface area contributed by atoms with E-state index in [0.29, 0.717) is 12.0 Å². The molecule has 0 spiro atoms. The molecule has 0 bridgehead atoms. The molecule has 1 aliphatic rings. The van der Waals surface area contributed by atoms with Crippen LogP contribution in [0, 0.1) is 6.92 Å². The molecule has 124 valence electrons. The predicted molar refractivity (Wildman–Crippen MR) is 94.1 cm³/mol. The van der Waals surface area contributed by atoms with Crippen molar-refractivity contribution < 1.29 is 0 Å². The van der Waals surface area contributed by atoms with E-state index in [-0.39, 0.29) is 0 Å². The smallest absolute Gasteiger partial charge is 0.191 e. The first-order valence-electron chi connectivity index (χ1n) is 8.05. The van der Waals surface area contributed by atoms with E-state index in [2.05, 4.69) is 49.5 Å². The van der Waals surface area contributed by atoms with Crippen molar-refractivity contribution in [2.45, 2.75) is 45.2 Å². The summed E-state index contributed by atoms with van der Waals surface area (Å²) in [4.78, 5) is 8.80. The van der Waals surface area contributed by atoms with Crippen molar-refractivity contribution in [3.8, 4) is 0 Å². The van der Waals surface area contributed by atoms with Crippen LogP contribution in [0.3, 0.4) is 0 Å². The number of thiophene rings is 1. The molecule has 0 saturated carbocycles. The third kappa shape index (κ3) is 3.90. The average Bonchev–Trinajstić information content (AvgIpc) is 3.19. The van der Waals surface area contributed by atoms with Gasteiger partial charge in [-0.1, -0.05) is 6.92 Å². The SMILES string of the molecule is CN=C(NCC(C)c1ccsc1)NC1CCc2nc(C)nn2C1. The molecule has 0 aliphatic carbocycles. The third-order valence-corrected chi connectivity index (χ3v) is 4.92. The van der Waals surface area contributed by atoms with Crippen molar-refractivity contribution in [3.63, 3.8) is 0 Å². The Morgan fingerprint density at radius 1 is 1.57 bits per heavy atom. The van der Waals surface area contributed by atoms with Crippen molar-refractivity contribution in [3.05, 3.63) is 34.0 Å². The first-order valence-corrected chi connectivity index (χ1v) is 8.99. The van der Waals surface area contributed by atoms with Gasteiger partial charge in [0.05, 0.1) is 6.54 Å². The highest BCUT2D eigenvalue weighted by Crippen LogP contribution is 2.17. The summed E-state index contributed by atoms with van der Waals surface area (Å²) in [5, 5.41) is 15.7. The second-order valence-corrected chi connectivity index (χ2v) is 6.83. The molecule has 7 heteroatoms. The summed E-state index contributed by atoms with van der Waals surface area (Å²) >= 11 is 1.74. The van der Waals surface area contributed by atoms with Crippen LogP contribution in [-0.4, -0.2) is 40.4 Å². The number of hydrogen-bond acceptors (Lipinski definition) is 4. The van der Waals surface area contributed by atoms with E-state index in [1.807, 2.05) is 18.7 Å². The molecule has 3 heterocycles. The van der Waals surface area contributed by atoms with E-state index in [0.717, 1.165) is 43.5 Å². The number of nitrogens with one attached hydrogen (secondary N) is 2. The Balaban J connectivity index is 1.52. The summed E-state index contributed by atoms with van der Waals surface area (Å²) in [6.07, 6.45) is 2.01. The van der Waals surface area contributed by atoms with Gasteiger partial charge in [-0.3, -0.25) is 4.99 Å². The lowest BCUT2D eigenvalue weighted by Gasteiger charge is -2.26. The minimum atomic E-state index is 0.339. The highest BCUT2D eigenvalue weighted by molar-refractivity contribution is 7.07. The molecule has 0 fully saturated rings. The Morgan fingerprint density at radius 3 is 3.17 bits per heavy atom. The standard InChI is InChI=1S/C16H24N6S/c1-11(13-6-7-23-10-13)8-18-16(17-3)20-14-4-5-15-19-12(2)21-22(15)9-14/h6-7,10-11,14H,4-5,8-9H2,1-3H3,(H2,17,18,20). The molecule has 6 nitrogen and oxygen atoms in total. The van der Waals surface area contributed by atoms with E-state index in [4.69, 9.17) is 0 Å². The predicted octanol–water partition coefficient (Wildman–Crippen LogP) is 1.93. The van der Waals surface area contributed by atoms with Gasteiger partial charge in [-0.2, -0.15) is 16.4 Å². The zero-order chi connectivity index (χ0) is 16.2. The molecule has 3 rings (SSSR count). The molecule has 2 aromatic rings. The van der Waals surface area contributed by atoms with E-state index in [9.17, 15) is 0 Å². The van der Waals surface area contributed by atoms with Crippen molar-refractivity contribution in [2.75, 3.05) is 13.6 Å². The maximum Gasteiger partial charge on any atom is 0.191 e. The molecule has 23 heavy (non-hydrogen) atoms. The number of aromatic nitrogens is 3. The summed E-state index contributed by atoms with van der Waals surface area (Å²) < 4.78 is 2.01. The van der Waals surface area contributed by atoms with Crippen molar-refractivity contribution in [2.24, 2.45) is 4.99 Å². The Hall–Kier alpha value is -1.89. The lowest BCUT2D eigenvalue weighted by molar-refractivity contribution is 0.392. The lowest BCUT2D eigenvalue weighted by atomic mass is 10.1. The summed E-state index contributed by atoms with van der Waals surface area (Å²) in [6.45, 7) is 5.89. The van der Waals surface area contributed by atoms with Gasteiger partial charge in [-0.25, -0.2) is 9.67 Å². The first-order chi connectivity index (χ1) is 11.2. The number of nitrogens with zero attached hydrogens (tertiary/aromatic N) is 4. The van der Waals surface area contributed by atoms with Crippen molar-refractivity contribution >= 4 is 17.3 Å². The quantitative estimate of drug-likeness (QED) is 0.663. The summed E-state index contributed by atoms with van der Waals surface area (Å²) in [7, 11) is 1.82. The number of aliphatic imine (C=N–C) groups is 1. The molecule has 2 N–H and O–H groups in total. The zero-order valence-electron chi connectivity index (χ0n) is 13.9. The molecule has 0 radical (unpaired) electrons. The van der Waals surface area contributed by atoms with E-state index >= 15 is 0 Å². The molecule has 2 aromatic heterocycles. The normalized spacial score (nSPS) is 19.3. The van der Waals surface area contributed by atoms with Crippen LogP contribution in [0.4, 0.5) is 0 Å². The van der Waals surface area contributed by atoms with Crippen molar-refractivity contribution in [1.29, 1.82) is 0 Å². The first kappa shape index (κ1) is 16.0. The van der Waals surface area contributed by atoms with E-state index in [1.165, 1.54) is 5.56 Å². The Kier molecular flexibility index (Phi) is 4.95. The topological polar surface area (TPSA) is 67.1 Å². The van der Waals surface area contributed by atoms with Gasteiger partial charge >= 0.3 is 0 Å². The van der Waals surface area contributed by atoms with E-state index in [1.54, 1.807) is 11.3 Å². The molecule has 2 atom stereocenters. The van der Waals surface area contributed by atoms with Gasteiger partial charge in [0.2, 0.25) is 0 Å². The second kappa shape index (κ2) is 7.12. The van der Waals surface area contributed by atoms with Crippen LogP contribution >= 0.6 is 11.3 Å². The minimum absolute atomic E-state index is 0.339. The lowest BCUT2D eigenvalue weighted by Crippen LogP contribution is -2.47. The number of guanidine groups is 1. The van der Waals surface area contributed by atoms with Crippen LogP contribution < -0.4 is 10.6 Å². The van der Waals surface area contributed by atoms with Gasteiger partial charge in [0, 0.05) is 26.1 Å². The molecule has 2 unspecified atom stereocenters. The third-order valence-electron chi connectivity index (χ3n) is 4.22. The van der Waals surface area contributed by atoms with Crippen molar-refractivity contribution in [1.82, 2.24) is 25.4 Å². The Morgan fingerprint density at radius 2 is 2.43 bits per heavy atom. The maximum atomic E-state index is 4.45. The van der Waals surface area contributed by atoms with Crippen LogP contribution in [0.5, 0.6) is 0 Å². The highest BCUT2D eigenvalue weighted by Gasteiger charge is 2.21. The van der Waals surface area contributed by atoms with E-state index < -0.39 is 0 Å².